The van der Waals surface area contributed by atoms with Crippen LogP contribution in [0.15, 0.2) is 0 Å². The highest BCUT2D eigenvalue weighted by molar-refractivity contribution is 6.27. The molecule has 0 unspecified atom stereocenters. The Morgan fingerprint density at radius 1 is 0.621 bits per heavy atom. The van der Waals surface area contributed by atoms with Gasteiger partial charge in [0.15, 0.2) is 0 Å². The molecular formula is C18H35ClN2O8. The van der Waals surface area contributed by atoms with Crippen molar-refractivity contribution in [3.05, 3.63) is 0 Å². The van der Waals surface area contributed by atoms with Gasteiger partial charge in [-0.1, -0.05) is 0 Å². The van der Waals surface area contributed by atoms with Gasteiger partial charge in [-0.25, -0.2) is 0 Å². The fourth-order valence-corrected chi connectivity index (χ4v) is 1.89. The molecular weight excluding hydrogens is 408 g/mol. The number of nitrogens with one attached hydrogen (secondary N) is 2. The van der Waals surface area contributed by atoms with E-state index in [9.17, 15) is 9.59 Å². The number of rotatable bonds is 22. The minimum Gasteiger partial charge on any atom is -0.377 e. The van der Waals surface area contributed by atoms with E-state index >= 15 is 0 Å². The van der Waals surface area contributed by atoms with E-state index in [1.165, 1.54) is 0 Å². The summed E-state index contributed by atoms with van der Waals surface area (Å²) in [6.45, 7) is 7.93. The Kier molecular flexibility index (Phi) is 22.5. The molecule has 0 aliphatic heterocycles. The first-order valence-electron chi connectivity index (χ1n) is 9.76. The Labute approximate surface area is 177 Å². The lowest BCUT2D eigenvalue weighted by molar-refractivity contribution is -0.125. The van der Waals surface area contributed by atoms with Crippen molar-refractivity contribution in [2.45, 2.75) is 6.92 Å². The minimum atomic E-state index is -0.209. The molecule has 0 saturated carbocycles. The molecule has 29 heavy (non-hydrogen) atoms. The van der Waals surface area contributed by atoms with E-state index in [-0.39, 0.29) is 24.3 Å². The van der Waals surface area contributed by atoms with Crippen molar-refractivity contribution in [3.8, 4) is 0 Å². The second-order valence-electron chi connectivity index (χ2n) is 5.53. The SMILES string of the molecule is CCOCC(=O)NCCOCCOCCOCCOCCOCCNC(=O)CCl. The number of halogens is 1. The lowest BCUT2D eigenvalue weighted by Crippen LogP contribution is -2.30. The Bertz CT molecular complexity index is 391. The van der Waals surface area contributed by atoms with Gasteiger partial charge in [-0.2, -0.15) is 0 Å². The maximum atomic E-state index is 11.2. The third-order valence-corrected chi connectivity index (χ3v) is 3.43. The third-order valence-electron chi connectivity index (χ3n) is 3.18. The van der Waals surface area contributed by atoms with E-state index in [0.29, 0.717) is 85.8 Å². The molecule has 0 bridgehead atoms. The van der Waals surface area contributed by atoms with Gasteiger partial charge in [-0.15, -0.1) is 11.6 Å². The molecule has 0 aromatic heterocycles. The van der Waals surface area contributed by atoms with Gasteiger partial charge in [-0.05, 0) is 6.92 Å². The maximum Gasteiger partial charge on any atom is 0.246 e. The van der Waals surface area contributed by atoms with E-state index in [1.807, 2.05) is 6.92 Å². The molecule has 0 saturated heterocycles. The van der Waals surface area contributed by atoms with Crippen LogP contribution in [0.1, 0.15) is 6.92 Å². The highest BCUT2D eigenvalue weighted by Gasteiger charge is 1.99. The maximum absolute atomic E-state index is 11.2. The average molecular weight is 443 g/mol. The van der Waals surface area contributed by atoms with Gasteiger partial charge in [-0.3, -0.25) is 9.59 Å². The van der Waals surface area contributed by atoms with E-state index in [2.05, 4.69) is 10.6 Å². The topological polar surface area (TPSA) is 114 Å². The molecule has 0 aromatic rings. The monoisotopic (exact) mass is 442 g/mol. The lowest BCUT2D eigenvalue weighted by atomic mass is 10.6. The number of hydrogen-bond donors (Lipinski definition) is 2. The Morgan fingerprint density at radius 2 is 1.00 bits per heavy atom. The number of alkyl halides is 1. The van der Waals surface area contributed by atoms with Crippen LogP contribution >= 0.6 is 11.6 Å². The largest absolute Gasteiger partial charge is 0.377 e. The van der Waals surface area contributed by atoms with Crippen molar-refractivity contribution in [2.75, 3.05) is 98.3 Å². The highest BCUT2D eigenvalue weighted by Crippen LogP contribution is 1.84. The van der Waals surface area contributed by atoms with Gasteiger partial charge in [0.2, 0.25) is 11.8 Å². The molecule has 0 aliphatic rings. The fraction of sp³-hybridized carbons (Fsp3) is 0.889. The Hall–Kier alpha value is -1.01. The summed E-state index contributed by atoms with van der Waals surface area (Å²) in [5.41, 5.74) is 0. The van der Waals surface area contributed by atoms with Crippen LogP contribution in [0, 0.1) is 0 Å². The van der Waals surface area contributed by atoms with Crippen LogP contribution in [-0.4, -0.2) is 110 Å². The third kappa shape index (κ3) is 23.1. The molecule has 0 fully saturated rings. The standard InChI is InChI=1S/C18H35ClN2O8/c1-2-24-16-18(23)21-4-6-26-8-10-28-12-14-29-13-11-27-9-7-25-5-3-20-17(22)15-19/h2-16H2,1H3,(H,20,22)(H,21,23). The van der Waals surface area contributed by atoms with Crippen LogP contribution in [0.5, 0.6) is 0 Å². The van der Waals surface area contributed by atoms with Crippen LogP contribution in [0.4, 0.5) is 0 Å². The molecule has 0 aromatic carbocycles. The molecule has 0 heterocycles. The van der Waals surface area contributed by atoms with Gasteiger partial charge in [0, 0.05) is 19.7 Å². The minimum absolute atomic E-state index is 0.0431. The summed E-state index contributed by atoms with van der Waals surface area (Å²) in [5.74, 6) is -0.397. The summed E-state index contributed by atoms with van der Waals surface area (Å²) in [6.07, 6.45) is 0. The first kappa shape index (κ1) is 28.0. The van der Waals surface area contributed by atoms with Gasteiger partial charge in [0.25, 0.3) is 0 Å². The second-order valence-corrected chi connectivity index (χ2v) is 5.80. The zero-order valence-electron chi connectivity index (χ0n) is 17.3. The van der Waals surface area contributed by atoms with Crippen molar-refractivity contribution >= 4 is 23.4 Å². The number of carbonyl (C=O) groups excluding carboxylic acids is 2. The van der Waals surface area contributed by atoms with Gasteiger partial charge in [0.1, 0.15) is 12.5 Å². The van der Waals surface area contributed by atoms with Crippen molar-refractivity contribution in [1.82, 2.24) is 10.6 Å². The zero-order valence-corrected chi connectivity index (χ0v) is 18.0. The van der Waals surface area contributed by atoms with Crippen LogP contribution < -0.4 is 10.6 Å². The summed E-state index contributed by atoms with van der Waals surface area (Å²) in [7, 11) is 0. The van der Waals surface area contributed by atoms with Crippen LogP contribution in [0.2, 0.25) is 0 Å². The molecule has 0 spiro atoms. The summed E-state index contributed by atoms with van der Waals surface area (Å²) in [5, 5.41) is 5.29. The lowest BCUT2D eigenvalue weighted by Gasteiger charge is -2.08. The Balaban J connectivity index is 3.08. The first-order chi connectivity index (χ1) is 14.2. The predicted octanol–water partition coefficient (Wildman–Crippen LogP) is -0.423. The zero-order chi connectivity index (χ0) is 21.4. The molecule has 11 heteroatoms. The van der Waals surface area contributed by atoms with Gasteiger partial charge < -0.3 is 39.1 Å². The quantitative estimate of drug-likeness (QED) is 0.172. The van der Waals surface area contributed by atoms with Crippen molar-refractivity contribution < 1.29 is 38.0 Å². The highest BCUT2D eigenvalue weighted by atomic mass is 35.5. The van der Waals surface area contributed by atoms with Gasteiger partial charge >= 0.3 is 0 Å². The van der Waals surface area contributed by atoms with Gasteiger partial charge in [0.05, 0.1) is 66.1 Å². The number of amides is 2. The van der Waals surface area contributed by atoms with E-state index < -0.39 is 0 Å². The van der Waals surface area contributed by atoms with E-state index in [1.54, 1.807) is 0 Å². The summed E-state index contributed by atoms with van der Waals surface area (Å²) < 4.78 is 31.7. The van der Waals surface area contributed by atoms with Crippen molar-refractivity contribution in [1.29, 1.82) is 0 Å². The summed E-state index contributed by atoms with van der Waals surface area (Å²) in [6, 6.07) is 0. The van der Waals surface area contributed by atoms with E-state index in [4.69, 9.17) is 40.0 Å². The molecule has 0 aliphatic carbocycles. The number of hydrogen-bond acceptors (Lipinski definition) is 8. The summed E-state index contributed by atoms with van der Waals surface area (Å²) >= 11 is 5.34. The smallest absolute Gasteiger partial charge is 0.246 e. The molecule has 2 amide bonds. The number of carbonyl (C=O) groups is 2. The summed E-state index contributed by atoms with van der Waals surface area (Å²) in [4.78, 5) is 22.1. The molecule has 0 rings (SSSR count). The molecule has 0 radical (unpaired) electrons. The fourth-order valence-electron chi connectivity index (χ4n) is 1.80. The van der Waals surface area contributed by atoms with Crippen molar-refractivity contribution in [3.63, 3.8) is 0 Å². The molecule has 2 N–H and O–H groups in total. The van der Waals surface area contributed by atoms with E-state index in [0.717, 1.165) is 0 Å². The molecule has 10 nitrogen and oxygen atoms in total. The first-order valence-corrected chi connectivity index (χ1v) is 10.3. The number of ether oxygens (including phenoxy) is 6. The normalized spacial score (nSPS) is 10.8. The second kappa shape index (κ2) is 23.3. The molecule has 0 atom stereocenters. The average Bonchev–Trinajstić information content (AvgIpc) is 2.73. The van der Waals surface area contributed by atoms with Crippen LogP contribution in [0.25, 0.3) is 0 Å². The van der Waals surface area contributed by atoms with Crippen molar-refractivity contribution in [2.24, 2.45) is 0 Å². The predicted molar refractivity (Wildman–Crippen MR) is 107 cm³/mol. The van der Waals surface area contributed by atoms with Crippen LogP contribution in [-0.2, 0) is 38.0 Å². The Morgan fingerprint density at radius 3 is 1.38 bits per heavy atom. The van der Waals surface area contributed by atoms with Crippen LogP contribution in [0.3, 0.4) is 0 Å². The molecule has 172 valence electrons.